The van der Waals surface area contributed by atoms with Gasteiger partial charge in [-0.05, 0) is 5.56 Å². The number of ether oxygens (including phenoxy) is 1. The number of nitrogens with two attached hydrogens (primary N) is 2. The Kier molecular flexibility index (Phi) is 4.99. The highest BCUT2D eigenvalue weighted by Gasteiger charge is 2.22. The van der Waals surface area contributed by atoms with Gasteiger partial charge in [-0.3, -0.25) is 4.79 Å². The quantitative estimate of drug-likeness (QED) is 0.492. The molecule has 2 rings (SSSR count). The summed E-state index contributed by atoms with van der Waals surface area (Å²) < 4.78 is 4.86. The summed E-state index contributed by atoms with van der Waals surface area (Å²) in [5.74, 6) is 0.358. The molecule has 4 N–H and O–H groups in total. The van der Waals surface area contributed by atoms with Crippen LogP contribution in [0.5, 0.6) is 0 Å². The zero-order valence-corrected chi connectivity index (χ0v) is 12.3. The van der Waals surface area contributed by atoms with E-state index in [4.69, 9.17) is 16.2 Å². The summed E-state index contributed by atoms with van der Waals surface area (Å²) in [4.78, 5) is 20.1. The lowest BCUT2D eigenvalue weighted by Gasteiger charge is -2.14. The molecule has 0 amide bonds. The van der Waals surface area contributed by atoms with E-state index < -0.39 is 5.92 Å². The maximum absolute atomic E-state index is 11.9. The van der Waals surface area contributed by atoms with Gasteiger partial charge in [0.1, 0.15) is 11.6 Å². The van der Waals surface area contributed by atoms with Crippen LogP contribution in [0.3, 0.4) is 0 Å². The molecule has 0 radical (unpaired) electrons. The number of hydrogen-bond donors (Lipinski definition) is 2. The monoisotopic (exact) mass is 304 g/mol. The molecule has 1 atom stereocenters. The third-order valence-corrected chi connectivity index (χ3v) is 3.75. The largest absolute Gasteiger partial charge is 0.469 e. The number of aromatic nitrogens is 2. The van der Waals surface area contributed by atoms with E-state index in [-0.39, 0.29) is 5.97 Å². The number of thioether (sulfide) groups is 1. The van der Waals surface area contributed by atoms with Gasteiger partial charge < -0.3 is 16.2 Å². The van der Waals surface area contributed by atoms with Crippen LogP contribution in [-0.4, -0.2) is 28.8 Å². The van der Waals surface area contributed by atoms with Crippen molar-refractivity contribution < 1.29 is 9.53 Å². The van der Waals surface area contributed by atoms with Gasteiger partial charge in [0.2, 0.25) is 0 Å². The molecular formula is C14H16N4O2S. The molecule has 0 saturated carbocycles. The Morgan fingerprint density at radius 3 is 2.43 bits per heavy atom. The molecule has 0 saturated heterocycles. The topological polar surface area (TPSA) is 104 Å². The van der Waals surface area contributed by atoms with E-state index in [9.17, 15) is 4.79 Å². The number of benzene rings is 1. The minimum atomic E-state index is -0.396. The molecule has 0 fully saturated rings. The summed E-state index contributed by atoms with van der Waals surface area (Å²) in [6.07, 6.45) is 0. The molecule has 1 aromatic heterocycles. The lowest BCUT2D eigenvalue weighted by Crippen LogP contribution is -2.17. The van der Waals surface area contributed by atoms with Crippen molar-refractivity contribution in [2.45, 2.75) is 11.1 Å². The zero-order valence-electron chi connectivity index (χ0n) is 11.5. The summed E-state index contributed by atoms with van der Waals surface area (Å²) >= 11 is 1.31. The fraction of sp³-hybridized carbons (Fsp3) is 0.214. The van der Waals surface area contributed by atoms with Gasteiger partial charge in [0, 0.05) is 11.8 Å². The first-order chi connectivity index (χ1) is 10.1. The van der Waals surface area contributed by atoms with Crippen LogP contribution >= 0.6 is 11.8 Å². The van der Waals surface area contributed by atoms with Crippen molar-refractivity contribution in [3.63, 3.8) is 0 Å². The second-order valence-corrected chi connectivity index (χ2v) is 5.28. The van der Waals surface area contributed by atoms with Gasteiger partial charge in [-0.25, -0.2) is 9.97 Å². The van der Waals surface area contributed by atoms with Crippen molar-refractivity contribution in [2.24, 2.45) is 0 Å². The molecule has 0 aliphatic rings. The standard InChI is InChI=1S/C14H16N4O2S/c1-20-13(19)10(9-5-3-2-4-6-9)8-21-14-17-11(15)7-12(16)18-14/h2-7,10H,8H2,1H3,(H4,15,16,17,18). The van der Waals surface area contributed by atoms with E-state index in [1.54, 1.807) is 0 Å². The normalized spacial score (nSPS) is 11.9. The highest BCUT2D eigenvalue weighted by molar-refractivity contribution is 7.99. The van der Waals surface area contributed by atoms with Gasteiger partial charge in [0.25, 0.3) is 0 Å². The average molecular weight is 304 g/mol. The minimum absolute atomic E-state index is 0.300. The first-order valence-corrected chi connectivity index (χ1v) is 7.24. The van der Waals surface area contributed by atoms with Crippen molar-refractivity contribution in [2.75, 3.05) is 24.3 Å². The highest BCUT2D eigenvalue weighted by Crippen LogP contribution is 2.26. The van der Waals surface area contributed by atoms with Crippen LogP contribution in [0.25, 0.3) is 0 Å². The first kappa shape index (κ1) is 15.1. The summed E-state index contributed by atoms with van der Waals surface area (Å²) in [5, 5.41) is 0.442. The molecule has 110 valence electrons. The Bertz CT molecular complexity index is 601. The average Bonchev–Trinajstić information content (AvgIpc) is 2.47. The van der Waals surface area contributed by atoms with Gasteiger partial charge in [0.15, 0.2) is 5.16 Å². The van der Waals surface area contributed by atoms with Crippen LogP contribution < -0.4 is 11.5 Å². The number of nitrogens with zero attached hydrogens (tertiary/aromatic N) is 2. The Morgan fingerprint density at radius 2 is 1.86 bits per heavy atom. The number of carbonyl (C=O) groups is 1. The molecule has 0 aliphatic carbocycles. The van der Waals surface area contributed by atoms with E-state index in [1.807, 2.05) is 30.3 Å². The van der Waals surface area contributed by atoms with Crippen LogP contribution in [0.4, 0.5) is 11.6 Å². The van der Waals surface area contributed by atoms with Crippen LogP contribution in [0, 0.1) is 0 Å². The Morgan fingerprint density at radius 1 is 1.24 bits per heavy atom. The number of rotatable bonds is 5. The number of hydrogen-bond acceptors (Lipinski definition) is 7. The van der Waals surface area contributed by atoms with Crippen LogP contribution in [0.15, 0.2) is 41.6 Å². The number of nitrogen functional groups attached to an aromatic ring is 2. The number of methoxy groups -OCH3 is 1. The van der Waals surface area contributed by atoms with Crippen molar-refractivity contribution in [3.05, 3.63) is 42.0 Å². The zero-order chi connectivity index (χ0) is 15.2. The number of carbonyl (C=O) groups excluding carboxylic acids is 1. The fourth-order valence-electron chi connectivity index (χ4n) is 1.81. The van der Waals surface area contributed by atoms with E-state index >= 15 is 0 Å². The highest BCUT2D eigenvalue weighted by atomic mass is 32.2. The lowest BCUT2D eigenvalue weighted by atomic mass is 10.0. The van der Waals surface area contributed by atoms with Gasteiger partial charge >= 0.3 is 5.97 Å². The van der Waals surface area contributed by atoms with Gasteiger partial charge in [-0.2, -0.15) is 0 Å². The third-order valence-electron chi connectivity index (χ3n) is 2.81. The van der Waals surface area contributed by atoms with E-state index in [0.29, 0.717) is 22.5 Å². The van der Waals surface area contributed by atoms with Crippen molar-refractivity contribution in [1.29, 1.82) is 0 Å². The Hall–Kier alpha value is -2.28. The lowest BCUT2D eigenvalue weighted by molar-refractivity contribution is -0.141. The molecule has 6 nitrogen and oxygen atoms in total. The predicted molar refractivity (Wildman–Crippen MR) is 82.8 cm³/mol. The Labute approximate surface area is 126 Å². The minimum Gasteiger partial charge on any atom is -0.469 e. The first-order valence-electron chi connectivity index (χ1n) is 6.25. The van der Waals surface area contributed by atoms with Crippen molar-refractivity contribution in [1.82, 2.24) is 9.97 Å². The van der Waals surface area contributed by atoms with Crippen molar-refractivity contribution in [3.8, 4) is 0 Å². The fourth-order valence-corrected chi connectivity index (χ4v) is 2.80. The number of anilines is 2. The van der Waals surface area contributed by atoms with Crippen LogP contribution in [0.2, 0.25) is 0 Å². The summed E-state index contributed by atoms with van der Waals surface area (Å²) in [5.41, 5.74) is 12.1. The molecule has 0 bridgehead atoms. The maximum atomic E-state index is 11.9. The van der Waals surface area contributed by atoms with E-state index in [2.05, 4.69) is 9.97 Å². The van der Waals surface area contributed by atoms with Gasteiger partial charge in [-0.15, -0.1) is 0 Å². The van der Waals surface area contributed by atoms with Crippen LogP contribution in [-0.2, 0) is 9.53 Å². The molecule has 0 spiro atoms. The second kappa shape index (κ2) is 6.94. The molecule has 1 unspecified atom stereocenters. The molecule has 1 heterocycles. The van der Waals surface area contributed by atoms with Gasteiger partial charge in [0.05, 0.1) is 13.0 Å². The molecular weight excluding hydrogens is 288 g/mol. The second-order valence-electron chi connectivity index (χ2n) is 4.30. The van der Waals surface area contributed by atoms with Crippen molar-refractivity contribution >= 4 is 29.4 Å². The molecule has 0 aliphatic heterocycles. The molecule has 21 heavy (non-hydrogen) atoms. The molecule has 1 aromatic carbocycles. The molecule has 7 heteroatoms. The van der Waals surface area contributed by atoms with Gasteiger partial charge in [-0.1, -0.05) is 42.1 Å². The van der Waals surface area contributed by atoms with E-state index in [1.165, 1.54) is 24.9 Å². The summed E-state index contributed by atoms with van der Waals surface area (Å²) in [6, 6.07) is 10.9. The number of esters is 1. The maximum Gasteiger partial charge on any atom is 0.313 e. The third kappa shape index (κ3) is 4.09. The smallest absolute Gasteiger partial charge is 0.313 e. The van der Waals surface area contributed by atoms with Crippen LogP contribution in [0.1, 0.15) is 11.5 Å². The Balaban J connectivity index is 2.14. The summed E-state index contributed by atoms with van der Waals surface area (Å²) in [7, 11) is 1.37. The van der Waals surface area contributed by atoms with E-state index in [0.717, 1.165) is 5.56 Å². The predicted octanol–water partition coefficient (Wildman–Crippen LogP) is 1.69. The SMILES string of the molecule is COC(=O)C(CSc1nc(N)cc(N)n1)c1ccccc1. The molecule has 2 aromatic rings. The summed E-state index contributed by atoms with van der Waals surface area (Å²) in [6.45, 7) is 0.